The van der Waals surface area contributed by atoms with Gasteiger partial charge in [-0.15, -0.1) is 0 Å². The second-order valence-electron chi connectivity index (χ2n) is 7.70. The molecule has 1 atom stereocenters. The van der Waals surface area contributed by atoms with Crippen LogP contribution in [0.2, 0.25) is 0 Å². The molecule has 1 fully saturated rings. The number of benzene rings is 3. The van der Waals surface area contributed by atoms with Crippen LogP contribution < -0.4 is 5.73 Å². The highest BCUT2D eigenvalue weighted by molar-refractivity contribution is 5.97. The molecule has 2 nitrogen and oxygen atoms in total. The molecule has 138 valence electrons. The van der Waals surface area contributed by atoms with Gasteiger partial charge in [0.25, 0.3) is 0 Å². The van der Waals surface area contributed by atoms with Crippen molar-refractivity contribution in [3.8, 4) is 0 Å². The van der Waals surface area contributed by atoms with Gasteiger partial charge in [-0.05, 0) is 35.1 Å². The number of nitrogens with zero attached hydrogens (tertiary/aromatic N) is 1. The lowest BCUT2D eigenvalue weighted by Crippen LogP contribution is -2.21. The highest BCUT2D eigenvalue weighted by Gasteiger charge is 2.25. The Hall–Kier alpha value is -2.61. The van der Waals surface area contributed by atoms with Crippen LogP contribution in [-0.2, 0) is 0 Å². The molecule has 0 saturated heterocycles. The number of hydrogen-bond donors (Lipinski definition) is 1. The third-order valence-electron chi connectivity index (χ3n) is 5.95. The van der Waals surface area contributed by atoms with Crippen molar-refractivity contribution >= 4 is 16.6 Å². The standard InChI is InChI=1S/C25H28N2/c26-25(21-12-5-2-6-13-21)27-18-24(20-10-3-1-4-11-20)23-16-15-19-9-7-8-14-22(19)17-23/h2,5-9,12-17,20,24H,1,3-4,10-11,18H2,(H2,26,27). The molecule has 1 saturated carbocycles. The summed E-state index contributed by atoms with van der Waals surface area (Å²) in [4.78, 5) is 4.82. The van der Waals surface area contributed by atoms with Crippen LogP contribution in [0, 0.1) is 5.92 Å². The van der Waals surface area contributed by atoms with Gasteiger partial charge < -0.3 is 5.73 Å². The lowest BCUT2D eigenvalue weighted by molar-refractivity contribution is 0.308. The largest absolute Gasteiger partial charge is 0.384 e. The van der Waals surface area contributed by atoms with E-state index < -0.39 is 0 Å². The Bertz CT molecular complexity index is 908. The maximum atomic E-state index is 6.29. The first-order chi connectivity index (χ1) is 13.3. The predicted octanol–water partition coefficient (Wildman–Crippen LogP) is 5.91. The van der Waals surface area contributed by atoms with Crippen LogP contribution >= 0.6 is 0 Å². The van der Waals surface area contributed by atoms with Crippen LogP contribution in [-0.4, -0.2) is 12.4 Å². The maximum absolute atomic E-state index is 6.29. The highest BCUT2D eigenvalue weighted by Crippen LogP contribution is 2.37. The van der Waals surface area contributed by atoms with E-state index in [1.165, 1.54) is 48.4 Å². The molecule has 1 aliphatic rings. The zero-order chi connectivity index (χ0) is 18.5. The summed E-state index contributed by atoms with van der Waals surface area (Å²) in [5, 5.41) is 2.62. The topological polar surface area (TPSA) is 38.4 Å². The molecule has 0 aromatic heterocycles. The van der Waals surface area contributed by atoms with Gasteiger partial charge in [-0.1, -0.05) is 92.1 Å². The zero-order valence-electron chi connectivity index (χ0n) is 15.9. The Morgan fingerprint density at radius 2 is 1.56 bits per heavy atom. The van der Waals surface area contributed by atoms with Crippen LogP contribution in [0.4, 0.5) is 0 Å². The molecule has 1 aliphatic carbocycles. The summed E-state index contributed by atoms with van der Waals surface area (Å²) in [5.41, 5.74) is 8.71. The lowest BCUT2D eigenvalue weighted by atomic mass is 9.76. The molecule has 3 aromatic carbocycles. The normalized spacial score (nSPS) is 17.1. The van der Waals surface area contributed by atoms with Crippen LogP contribution in [0.3, 0.4) is 0 Å². The fourth-order valence-corrected chi connectivity index (χ4v) is 4.40. The van der Waals surface area contributed by atoms with Gasteiger partial charge in [-0.2, -0.15) is 0 Å². The Morgan fingerprint density at radius 1 is 0.852 bits per heavy atom. The summed E-state index contributed by atoms with van der Waals surface area (Å²) in [6.45, 7) is 0.768. The van der Waals surface area contributed by atoms with E-state index in [1.54, 1.807) is 0 Å². The van der Waals surface area contributed by atoms with Gasteiger partial charge in [0.05, 0.1) is 0 Å². The van der Waals surface area contributed by atoms with Crippen LogP contribution in [0.25, 0.3) is 10.8 Å². The van der Waals surface area contributed by atoms with Gasteiger partial charge in [0.15, 0.2) is 0 Å². The SMILES string of the molecule is NC(=NCC(c1ccc2ccccc2c1)C1CCCCC1)c1ccccc1. The molecule has 0 radical (unpaired) electrons. The molecule has 27 heavy (non-hydrogen) atoms. The molecule has 3 aromatic rings. The fraction of sp³-hybridized carbons (Fsp3) is 0.320. The molecule has 0 bridgehead atoms. The summed E-state index contributed by atoms with van der Waals surface area (Å²) < 4.78 is 0. The molecule has 4 rings (SSSR count). The van der Waals surface area contributed by atoms with Gasteiger partial charge in [0.1, 0.15) is 5.84 Å². The Morgan fingerprint density at radius 3 is 2.33 bits per heavy atom. The Balaban J connectivity index is 1.63. The third-order valence-corrected chi connectivity index (χ3v) is 5.95. The summed E-state index contributed by atoms with van der Waals surface area (Å²) >= 11 is 0. The van der Waals surface area contributed by atoms with Crippen molar-refractivity contribution < 1.29 is 0 Å². The first-order valence-electron chi connectivity index (χ1n) is 10.2. The third kappa shape index (κ3) is 4.21. The van der Waals surface area contributed by atoms with Gasteiger partial charge >= 0.3 is 0 Å². The zero-order valence-corrected chi connectivity index (χ0v) is 15.9. The van der Waals surface area contributed by atoms with Crippen molar-refractivity contribution in [3.05, 3.63) is 83.9 Å². The quantitative estimate of drug-likeness (QED) is 0.448. The second kappa shape index (κ2) is 8.39. The van der Waals surface area contributed by atoms with Gasteiger partial charge in [-0.3, -0.25) is 4.99 Å². The van der Waals surface area contributed by atoms with Crippen molar-refractivity contribution in [3.63, 3.8) is 0 Å². The van der Waals surface area contributed by atoms with Crippen LogP contribution in [0.15, 0.2) is 77.8 Å². The molecular formula is C25H28N2. The number of nitrogens with two attached hydrogens (primary N) is 1. The molecule has 2 N–H and O–H groups in total. The van der Waals surface area contributed by atoms with Crippen molar-refractivity contribution in [2.24, 2.45) is 16.6 Å². The number of aliphatic imine (C=N–C) groups is 1. The van der Waals surface area contributed by atoms with E-state index in [9.17, 15) is 0 Å². The molecule has 0 spiro atoms. The van der Waals surface area contributed by atoms with E-state index in [2.05, 4.69) is 42.5 Å². The first kappa shape index (κ1) is 17.8. The maximum Gasteiger partial charge on any atom is 0.125 e. The molecule has 0 amide bonds. The smallest absolute Gasteiger partial charge is 0.125 e. The molecule has 2 heteroatoms. The van der Waals surface area contributed by atoms with E-state index in [4.69, 9.17) is 10.7 Å². The minimum absolute atomic E-state index is 0.442. The number of rotatable bonds is 5. The minimum atomic E-state index is 0.442. The summed E-state index contributed by atoms with van der Waals surface area (Å²) in [6.07, 6.45) is 6.66. The van der Waals surface area contributed by atoms with Gasteiger partial charge in [0.2, 0.25) is 0 Å². The van der Waals surface area contributed by atoms with E-state index in [-0.39, 0.29) is 0 Å². The van der Waals surface area contributed by atoms with Crippen molar-refractivity contribution in [2.75, 3.05) is 6.54 Å². The molecular weight excluding hydrogens is 328 g/mol. The summed E-state index contributed by atoms with van der Waals surface area (Å²) in [7, 11) is 0. The van der Waals surface area contributed by atoms with Gasteiger partial charge in [-0.25, -0.2) is 0 Å². The van der Waals surface area contributed by atoms with E-state index in [0.717, 1.165) is 12.1 Å². The average molecular weight is 357 g/mol. The average Bonchev–Trinajstić information content (AvgIpc) is 2.75. The minimum Gasteiger partial charge on any atom is -0.384 e. The van der Waals surface area contributed by atoms with Crippen molar-refractivity contribution in [1.29, 1.82) is 0 Å². The van der Waals surface area contributed by atoms with Gasteiger partial charge in [0, 0.05) is 18.0 Å². The monoisotopic (exact) mass is 356 g/mol. The predicted molar refractivity (Wildman–Crippen MR) is 115 cm³/mol. The van der Waals surface area contributed by atoms with Crippen molar-refractivity contribution in [2.45, 2.75) is 38.0 Å². The molecule has 0 heterocycles. The highest BCUT2D eigenvalue weighted by atomic mass is 14.9. The fourth-order valence-electron chi connectivity index (χ4n) is 4.40. The molecule has 1 unspecified atom stereocenters. The number of amidine groups is 1. The van der Waals surface area contributed by atoms with Crippen molar-refractivity contribution in [1.82, 2.24) is 0 Å². The van der Waals surface area contributed by atoms with E-state index >= 15 is 0 Å². The van der Waals surface area contributed by atoms with E-state index in [0.29, 0.717) is 17.7 Å². The van der Waals surface area contributed by atoms with Crippen LogP contribution in [0.5, 0.6) is 0 Å². The first-order valence-corrected chi connectivity index (χ1v) is 10.2. The Labute approximate surface area is 162 Å². The lowest BCUT2D eigenvalue weighted by Gasteiger charge is -2.30. The van der Waals surface area contributed by atoms with E-state index in [1.807, 2.05) is 30.3 Å². The number of hydrogen-bond acceptors (Lipinski definition) is 1. The van der Waals surface area contributed by atoms with Crippen LogP contribution in [0.1, 0.15) is 49.1 Å². The molecule has 0 aliphatic heterocycles. The Kier molecular flexibility index (Phi) is 5.53. The number of fused-ring (bicyclic) bond motifs is 1. The summed E-state index contributed by atoms with van der Waals surface area (Å²) in [6, 6.07) is 25.6. The summed E-state index contributed by atoms with van der Waals surface area (Å²) in [5.74, 6) is 1.79. The second-order valence-corrected chi connectivity index (χ2v) is 7.70.